The van der Waals surface area contributed by atoms with Gasteiger partial charge in [-0.25, -0.2) is 4.39 Å². The third-order valence-electron chi connectivity index (χ3n) is 6.43. The molecule has 2 fully saturated rings. The summed E-state index contributed by atoms with van der Waals surface area (Å²) in [5.74, 6) is 0.169. The van der Waals surface area contributed by atoms with Crippen molar-refractivity contribution in [1.82, 2.24) is 25.0 Å². The van der Waals surface area contributed by atoms with E-state index in [0.29, 0.717) is 37.4 Å². The van der Waals surface area contributed by atoms with Crippen LogP contribution in [0.2, 0.25) is 0 Å². The number of amides is 2. The monoisotopic (exact) mass is 536 g/mol. The Labute approximate surface area is 223 Å². The Morgan fingerprint density at radius 1 is 1.21 bits per heavy atom. The molecular formula is C27H29FN6O3S. The SMILES string of the molecule is CNC1CC1.O=CNc1ccc(Oc2ccnc3cc(-c4cnn(CCN5CCCC5=O)c4)sc23)c(F)c1. The van der Waals surface area contributed by atoms with Crippen molar-refractivity contribution >= 4 is 39.6 Å². The molecule has 38 heavy (non-hydrogen) atoms. The van der Waals surface area contributed by atoms with Crippen LogP contribution in [0.5, 0.6) is 11.5 Å². The lowest BCUT2D eigenvalue weighted by molar-refractivity contribution is -0.127. The van der Waals surface area contributed by atoms with Crippen molar-refractivity contribution in [2.24, 2.45) is 0 Å². The second-order valence-electron chi connectivity index (χ2n) is 9.18. The lowest BCUT2D eigenvalue weighted by Crippen LogP contribution is -2.28. The van der Waals surface area contributed by atoms with Gasteiger partial charge in [-0.1, -0.05) is 0 Å². The van der Waals surface area contributed by atoms with Gasteiger partial charge in [-0.2, -0.15) is 5.10 Å². The van der Waals surface area contributed by atoms with Crippen LogP contribution in [0.3, 0.4) is 0 Å². The lowest BCUT2D eigenvalue weighted by Gasteiger charge is -2.14. The number of nitrogens with zero attached hydrogens (tertiary/aromatic N) is 4. The molecule has 0 atom stereocenters. The molecule has 0 unspecified atom stereocenters. The van der Waals surface area contributed by atoms with E-state index in [9.17, 15) is 14.0 Å². The molecular weight excluding hydrogens is 507 g/mol. The van der Waals surface area contributed by atoms with E-state index in [1.807, 2.05) is 28.9 Å². The molecule has 4 heterocycles. The fraction of sp³-hybridized carbons (Fsp3) is 0.333. The molecule has 2 N–H and O–H groups in total. The van der Waals surface area contributed by atoms with E-state index in [1.165, 1.54) is 36.3 Å². The van der Waals surface area contributed by atoms with Gasteiger partial charge in [0, 0.05) is 66.2 Å². The Hall–Kier alpha value is -3.83. The molecule has 0 spiro atoms. The summed E-state index contributed by atoms with van der Waals surface area (Å²) in [4.78, 5) is 29.6. The number of aromatic nitrogens is 3. The predicted molar refractivity (Wildman–Crippen MR) is 145 cm³/mol. The largest absolute Gasteiger partial charge is 0.453 e. The molecule has 2 amide bonds. The number of carbonyl (C=O) groups excluding carboxylic acids is 2. The summed E-state index contributed by atoms with van der Waals surface area (Å²) >= 11 is 1.48. The van der Waals surface area contributed by atoms with Gasteiger partial charge in [0.2, 0.25) is 12.3 Å². The molecule has 1 saturated heterocycles. The van der Waals surface area contributed by atoms with Gasteiger partial charge in [-0.3, -0.25) is 19.3 Å². The van der Waals surface area contributed by atoms with Crippen LogP contribution in [0, 0.1) is 5.82 Å². The van der Waals surface area contributed by atoms with Crippen molar-refractivity contribution < 1.29 is 18.7 Å². The molecule has 0 radical (unpaired) electrons. The minimum Gasteiger partial charge on any atom is -0.453 e. The Bertz CT molecular complexity index is 1430. The highest BCUT2D eigenvalue weighted by atomic mass is 32.1. The smallest absolute Gasteiger partial charge is 0.222 e. The first kappa shape index (κ1) is 25.8. The number of rotatable bonds is 9. The summed E-state index contributed by atoms with van der Waals surface area (Å²) in [6, 6.07) is 8.76. The molecule has 198 valence electrons. The van der Waals surface area contributed by atoms with Gasteiger partial charge in [0.05, 0.1) is 23.0 Å². The van der Waals surface area contributed by atoms with Crippen LogP contribution < -0.4 is 15.4 Å². The number of thiophene rings is 1. The van der Waals surface area contributed by atoms with E-state index < -0.39 is 5.82 Å². The maximum Gasteiger partial charge on any atom is 0.222 e. The highest BCUT2D eigenvalue weighted by Crippen LogP contribution is 2.39. The second-order valence-corrected chi connectivity index (χ2v) is 10.2. The minimum absolute atomic E-state index is 0.0539. The number of anilines is 1. The number of hydrogen-bond acceptors (Lipinski definition) is 7. The molecule has 9 nitrogen and oxygen atoms in total. The van der Waals surface area contributed by atoms with E-state index in [0.717, 1.165) is 39.7 Å². The molecule has 1 saturated carbocycles. The average molecular weight is 537 g/mol. The summed E-state index contributed by atoms with van der Waals surface area (Å²) in [5.41, 5.74) is 2.02. The van der Waals surface area contributed by atoms with Crippen LogP contribution in [0.15, 0.2) is 48.9 Å². The van der Waals surface area contributed by atoms with E-state index in [4.69, 9.17) is 4.74 Å². The molecule has 0 bridgehead atoms. The summed E-state index contributed by atoms with van der Waals surface area (Å²) in [5, 5.41) is 9.97. The summed E-state index contributed by atoms with van der Waals surface area (Å²) in [7, 11) is 2.01. The van der Waals surface area contributed by atoms with E-state index in [-0.39, 0.29) is 11.7 Å². The van der Waals surface area contributed by atoms with Crippen LogP contribution in [-0.2, 0) is 16.1 Å². The van der Waals surface area contributed by atoms with Crippen molar-refractivity contribution in [1.29, 1.82) is 0 Å². The Morgan fingerprint density at radius 3 is 2.76 bits per heavy atom. The summed E-state index contributed by atoms with van der Waals surface area (Å²) in [6.45, 7) is 2.10. The first-order chi connectivity index (χ1) is 18.5. The summed E-state index contributed by atoms with van der Waals surface area (Å²) in [6.07, 6.45) is 10.2. The van der Waals surface area contributed by atoms with Crippen LogP contribution in [0.25, 0.3) is 20.7 Å². The first-order valence-corrected chi connectivity index (χ1v) is 13.4. The number of hydrogen-bond donors (Lipinski definition) is 2. The zero-order valence-corrected chi connectivity index (χ0v) is 21.8. The molecule has 2 aliphatic rings. The number of benzene rings is 1. The van der Waals surface area contributed by atoms with Crippen molar-refractivity contribution in [3.05, 3.63) is 54.7 Å². The van der Waals surface area contributed by atoms with Crippen LogP contribution in [0.4, 0.5) is 10.1 Å². The topological polar surface area (TPSA) is 101 Å². The van der Waals surface area contributed by atoms with E-state index >= 15 is 0 Å². The van der Waals surface area contributed by atoms with Gasteiger partial charge in [0.1, 0.15) is 5.75 Å². The van der Waals surface area contributed by atoms with Crippen molar-refractivity contribution in [2.45, 2.75) is 38.3 Å². The molecule has 6 rings (SSSR count). The van der Waals surface area contributed by atoms with Crippen molar-refractivity contribution in [3.63, 3.8) is 0 Å². The number of carbonyl (C=O) groups is 2. The van der Waals surface area contributed by atoms with Gasteiger partial charge in [-0.05, 0) is 44.5 Å². The van der Waals surface area contributed by atoms with Crippen LogP contribution in [0.1, 0.15) is 25.7 Å². The Morgan fingerprint density at radius 2 is 2.08 bits per heavy atom. The molecule has 1 aliphatic carbocycles. The maximum absolute atomic E-state index is 14.4. The zero-order valence-electron chi connectivity index (χ0n) is 21.0. The molecule has 1 aromatic carbocycles. The fourth-order valence-electron chi connectivity index (χ4n) is 4.15. The molecule has 4 aromatic rings. The standard InChI is InChI=1S/C23H20FN5O3S.C4H9N/c24-17-10-16(26-14-30)3-4-19(17)32-20-5-6-25-18-11-21(33-23(18)20)15-12-27-29(13-15)9-8-28-7-1-2-22(28)31;1-5-4-2-3-4/h3-6,10-14H,1-2,7-9H2,(H,26,30);4-5H,2-3H2,1H3. The second kappa shape index (κ2) is 11.7. The normalized spacial score (nSPS) is 14.9. The minimum atomic E-state index is -0.582. The van der Waals surface area contributed by atoms with Crippen LogP contribution >= 0.6 is 11.3 Å². The number of fused-ring (bicyclic) bond motifs is 1. The van der Waals surface area contributed by atoms with Gasteiger partial charge < -0.3 is 20.3 Å². The van der Waals surface area contributed by atoms with Gasteiger partial charge in [-0.15, -0.1) is 11.3 Å². The first-order valence-electron chi connectivity index (χ1n) is 12.6. The molecule has 11 heteroatoms. The number of likely N-dealkylation sites (tertiary alicyclic amines) is 1. The predicted octanol–water partition coefficient (Wildman–Crippen LogP) is 4.65. The van der Waals surface area contributed by atoms with Crippen molar-refractivity contribution in [2.75, 3.05) is 25.5 Å². The third-order valence-corrected chi connectivity index (χ3v) is 7.61. The van der Waals surface area contributed by atoms with E-state index in [1.54, 1.807) is 24.5 Å². The van der Waals surface area contributed by atoms with Crippen LogP contribution in [-0.4, -0.2) is 58.2 Å². The van der Waals surface area contributed by atoms with Gasteiger partial charge in [0.25, 0.3) is 0 Å². The molecule has 3 aromatic heterocycles. The third kappa shape index (κ3) is 6.17. The molecule has 1 aliphatic heterocycles. The van der Waals surface area contributed by atoms with Crippen molar-refractivity contribution in [3.8, 4) is 21.9 Å². The lowest BCUT2D eigenvalue weighted by atomic mass is 10.2. The summed E-state index contributed by atoms with van der Waals surface area (Å²) < 4.78 is 22.9. The number of halogens is 1. The van der Waals surface area contributed by atoms with E-state index in [2.05, 4.69) is 20.7 Å². The Kier molecular flexibility index (Phi) is 7.94. The fourth-order valence-corrected chi connectivity index (χ4v) is 5.19. The van der Waals surface area contributed by atoms with Gasteiger partial charge in [0.15, 0.2) is 11.6 Å². The average Bonchev–Trinajstić information content (AvgIpc) is 3.26. The number of pyridine rings is 1. The Balaban J connectivity index is 0.000000529. The highest BCUT2D eigenvalue weighted by molar-refractivity contribution is 7.22. The zero-order chi connectivity index (χ0) is 26.5. The maximum atomic E-state index is 14.4. The number of ether oxygens (including phenoxy) is 1. The van der Waals surface area contributed by atoms with Gasteiger partial charge >= 0.3 is 0 Å². The quantitative estimate of drug-likeness (QED) is 0.302. The highest BCUT2D eigenvalue weighted by Gasteiger charge is 2.20. The number of nitrogens with one attached hydrogen (secondary N) is 2.